The molecule has 3 N–H and O–H groups in total. The number of aliphatic hydroxyl groups is 2. The molecule has 1 aliphatic carbocycles. The van der Waals surface area contributed by atoms with E-state index in [4.69, 9.17) is 4.52 Å². The summed E-state index contributed by atoms with van der Waals surface area (Å²) >= 11 is 0. The molecule has 0 spiro atoms. The first-order chi connectivity index (χ1) is 12.7. The molecule has 1 aliphatic heterocycles. The van der Waals surface area contributed by atoms with Gasteiger partial charge in [-0.1, -0.05) is 13.8 Å². The van der Waals surface area contributed by atoms with E-state index in [0.29, 0.717) is 18.5 Å². The molecular weight excluding hydrogens is 367 g/mol. The molecule has 2 aliphatic rings. The zero-order chi connectivity index (χ0) is 19.9. The van der Waals surface area contributed by atoms with Gasteiger partial charge in [-0.25, -0.2) is 4.79 Å². The maximum atomic E-state index is 12.1. The molecule has 1 fully saturated rings. The van der Waals surface area contributed by atoms with E-state index in [1.165, 1.54) is 22.1 Å². The lowest BCUT2D eigenvalue weighted by atomic mass is 9.87. The average molecular weight is 398 g/mol. The van der Waals surface area contributed by atoms with Gasteiger partial charge in [0.15, 0.2) is 0 Å². The van der Waals surface area contributed by atoms with Crippen LogP contribution >= 0.6 is 7.77 Å². The number of hydrogen-bond acceptors (Lipinski definition) is 5. The van der Waals surface area contributed by atoms with Gasteiger partial charge < -0.3 is 14.7 Å². The summed E-state index contributed by atoms with van der Waals surface area (Å²) in [4.78, 5) is 25.6. The lowest BCUT2D eigenvalue weighted by molar-refractivity contribution is -0.0141. The summed E-state index contributed by atoms with van der Waals surface area (Å²) in [6.45, 7) is 8.53. The van der Waals surface area contributed by atoms with Crippen LogP contribution in [0.2, 0.25) is 0 Å². The topological polar surface area (TPSA) is 105 Å². The molecule has 7 nitrogen and oxygen atoms in total. The molecule has 0 saturated heterocycles. The van der Waals surface area contributed by atoms with Crippen LogP contribution in [0.25, 0.3) is 0 Å². The van der Waals surface area contributed by atoms with Crippen molar-refractivity contribution in [3.8, 4) is 0 Å². The Balaban J connectivity index is 1.75. The Morgan fingerprint density at radius 1 is 1.33 bits per heavy atom. The van der Waals surface area contributed by atoms with Crippen molar-refractivity contribution in [3.05, 3.63) is 33.1 Å². The summed E-state index contributed by atoms with van der Waals surface area (Å²) in [6.07, 6.45) is 2.45. The standard InChI is InChI=1S/C19H31N2O5P/c1-5-14-11(3)27(14)26-19(4,6-2)10-12-9-13(17(24)16(12)23)21-8-7-15(22)20-18(21)25/h7-8,12-14,16-17,23-24,27H,5-6,9-10H2,1-4H3,(H,20,22,25)/t12-,13?,14+,16-,17+,19?/m1/s1. The number of aliphatic hydroxyl groups excluding tert-OH is 2. The van der Waals surface area contributed by atoms with Crippen molar-refractivity contribution in [2.45, 2.75) is 82.9 Å². The molecule has 7 atom stereocenters. The molecule has 8 heteroatoms. The molecule has 0 aromatic carbocycles. The second-order valence-electron chi connectivity index (χ2n) is 8.18. The van der Waals surface area contributed by atoms with Crippen molar-refractivity contribution in [2.24, 2.45) is 5.92 Å². The molecular formula is C19H31N2O5P. The Hall–Kier alpha value is -1.14. The van der Waals surface area contributed by atoms with E-state index in [2.05, 4.69) is 32.7 Å². The van der Waals surface area contributed by atoms with Gasteiger partial charge in [-0.15, -0.1) is 0 Å². The molecule has 2 heterocycles. The zero-order valence-corrected chi connectivity index (χ0v) is 17.4. The van der Waals surface area contributed by atoms with Crippen molar-refractivity contribution >= 4 is 13.1 Å². The quantitative estimate of drug-likeness (QED) is 0.604. The van der Waals surface area contributed by atoms with Gasteiger partial charge in [0.1, 0.15) is 6.10 Å². The number of H-pyrrole nitrogens is 1. The van der Waals surface area contributed by atoms with Crippen molar-refractivity contribution in [3.63, 3.8) is 0 Å². The maximum Gasteiger partial charge on any atom is 0.328 e. The molecule has 27 heavy (non-hydrogen) atoms. The van der Waals surface area contributed by atoms with Crippen LogP contribution in [0.1, 0.15) is 59.4 Å². The Morgan fingerprint density at radius 2 is 2.04 bits per heavy atom. The van der Waals surface area contributed by atoms with Crippen molar-refractivity contribution in [1.29, 1.82) is 0 Å². The minimum Gasteiger partial charge on any atom is -0.390 e. The summed E-state index contributed by atoms with van der Waals surface area (Å²) in [5.74, 6) is -0.171. The van der Waals surface area contributed by atoms with Crippen LogP contribution in [0.4, 0.5) is 0 Å². The minimum atomic E-state index is -1.05. The molecule has 1 saturated carbocycles. The van der Waals surface area contributed by atoms with Gasteiger partial charge in [0.25, 0.3) is 5.56 Å². The van der Waals surface area contributed by atoms with E-state index in [1.807, 2.05) is 0 Å². The summed E-state index contributed by atoms with van der Waals surface area (Å²) < 4.78 is 7.81. The monoisotopic (exact) mass is 398 g/mol. The third kappa shape index (κ3) is 4.02. The van der Waals surface area contributed by atoms with Crippen molar-refractivity contribution in [2.75, 3.05) is 0 Å². The smallest absolute Gasteiger partial charge is 0.328 e. The Bertz CT molecular complexity index is 847. The molecule has 1 aromatic heterocycles. The van der Waals surface area contributed by atoms with E-state index >= 15 is 0 Å². The molecule has 0 radical (unpaired) electrons. The third-order valence-electron chi connectivity index (χ3n) is 6.33. The zero-order valence-electron chi connectivity index (χ0n) is 16.4. The van der Waals surface area contributed by atoms with E-state index in [9.17, 15) is 19.8 Å². The fraction of sp³-hybridized carbons (Fsp3) is 0.737. The number of nitrogens with zero attached hydrogens (tertiary/aromatic N) is 1. The second kappa shape index (κ2) is 7.70. The molecule has 3 rings (SSSR count). The minimum absolute atomic E-state index is 0.171. The largest absolute Gasteiger partial charge is 0.390 e. The van der Waals surface area contributed by atoms with Gasteiger partial charge in [-0.3, -0.25) is 14.3 Å². The molecule has 3 unspecified atom stereocenters. The number of hydrogen-bond donors (Lipinski definition) is 3. The first-order valence-electron chi connectivity index (χ1n) is 9.78. The Kier molecular flexibility index (Phi) is 5.88. The SMILES string of the molecule is CC[C@H]1C(C)=[PH]1OC(C)(CC)C[C@H]1CC(n2ccc(=O)[nH]c2=O)[C@H](O)[C@@H]1O. The molecule has 0 amide bonds. The fourth-order valence-electron chi connectivity index (χ4n) is 4.35. The van der Waals surface area contributed by atoms with E-state index < -0.39 is 37.3 Å². The molecule has 0 bridgehead atoms. The van der Waals surface area contributed by atoms with Gasteiger partial charge in [-0.2, -0.15) is 0 Å². The molecule has 152 valence electrons. The van der Waals surface area contributed by atoms with Crippen LogP contribution in [-0.2, 0) is 4.52 Å². The lowest BCUT2D eigenvalue weighted by Gasteiger charge is -2.32. The first kappa shape index (κ1) is 20.6. The normalized spacial score (nSPS) is 35.3. The highest BCUT2D eigenvalue weighted by molar-refractivity contribution is 7.66. The van der Waals surface area contributed by atoms with Gasteiger partial charge in [0.2, 0.25) is 0 Å². The van der Waals surface area contributed by atoms with Gasteiger partial charge in [0, 0.05) is 25.7 Å². The van der Waals surface area contributed by atoms with Crippen LogP contribution in [0, 0.1) is 5.92 Å². The summed E-state index contributed by atoms with van der Waals surface area (Å²) in [5, 5.41) is 22.6. The highest BCUT2D eigenvalue weighted by Crippen LogP contribution is 2.55. The first-order valence-corrected chi connectivity index (χ1v) is 11.3. The maximum absolute atomic E-state index is 12.1. The van der Waals surface area contributed by atoms with Crippen LogP contribution < -0.4 is 11.2 Å². The number of rotatable bonds is 7. The van der Waals surface area contributed by atoms with Gasteiger partial charge >= 0.3 is 5.69 Å². The van der Waals surface area contributed by atoms with Gasteiger partial charge in [0.05, 0.1) is 17.7 Å². The van der Waals surface area contributed by atoms with Crippen LogP contribution in [0.5, 0.6) is 0 Å². The Morgan fingerprint density at radius 3 is 2.59 bits per heavy atom. The van der Waals surface area contributed by atoms with Crippen LogP contribution in [0.15, 0.2) is 21.9 Å². The van der Waals surface area contributed by atoms with Crippen molar-refractivity contribution < 1.29 is 14.7 Å². The summed E-state index contributed by atoms with van der Waals surface area (Å²) in [7, 11) is -0.890. The Labute approximate surface area is 159 Å². The van der Waals surface area contributed by atoms with E-state index in [0.717, 1.165) is 12.8 Å². The predicted octanol–water partition coefficient (Wildman–Crippen LogP) is 1.51. The second-order valence-corrected chi connectivity index (χ2v) is 10.6. The fourth-order valence-corrected chi connectivity index (χ4v) is 6.89. The third-order valence-corrected chi connectivity index (χ3v) is 9.33. The number of aromatic amines is 1. The van der Waals surface area contributed by atoms with Crippen LogP contribution in [0.3, 0.4) is 0 Å². The van der Waals surface area contributed by atoms with E-state index in [1.54, 1.807) is 0 Å². The highest BCUT2D eigenvalue weighted by Gasteiger charge is 2.46. The number of nitrogens with one attached hydrogen (secondary N) is 1. The van der Waals surface area contributed by atoms with Gasteiger partial charge in [-0.05, 0) is 50.7 Å². The van der Waals surface area contributed by atoms with E-state index in [-0.39, 0.29) is 11.5 Å². The lowest BCUT2D eigenvalue weighted by Crippen LogP contribution is -2.37. The summed E-state index contributed by atoms with van der Waals surface area (Å²) in [6, 6.07) is 0.704. The highest BCUT2D eigenvalue weighted by atomic mass is 31.1. The predicted molar refractivity (Wildman–Crippen MR) is 108 cm³/mol. The number of aromatic nitrogens is 2. The summed E-state index contributed by atoms with van der Waals surface area (Å²) in [5.41, 5.74) is -0.769. The average Bonchev–Trinajstić information content (AvgIpc) is 3.15. The van der Waals surface area contributed by atoms with Crippen molar-refractivity contribution in [1.82, 2.24) is 9.55 Å². The molecule has 1 aromatic rings. The van der Waals surface area contributed by atoms with Crippen LogP contribution in [-0.4, -0.2) is 48.5 Å².